The number of allylic oxidation sites excluding steroid dienone is 1. The minimum atomic E-state index is -0.969. The Labute approximate surface area is 126 Å². The van der Waals surface area contributed by atoms with Crippen molar-refractivity contribution in [2.24, 2.45) is 0 Å². The summed E-state index contributed by atoms with van der Waals surface area (Å²) in [5.74, 6) is -2.17. The van der Waals surface area contributed by atoms with Gasteiger partial charge in [0, 0.05) is 12.6 Å². The van der Waals surface area contributed by atoms with Crippen molar-refractivity contribution in [1.82, 2.24) is 4.57 Å². The van der Waals surface area contributed by atoms with Crippen molar-refractivity contribution in [3.63, 3.8) is 0 Å². The SMILES string of the molecule is C=CCCC(=O)c1cccn(Cc2ccc(F)c(F)c2)c1=O. The van der Waals surface area contributed by atoms with Crippen LogP contribution in [-0.2, 0) is 6.54 Å². The Bertz CT molecular complexity index is 765. The molecule has 0 atom stereocenters. The number of Topliss-reactive ketones (excluding diaryl/α,β-unsaturated/α-hetero) is 1. The number of rotatable bonds is 6. The molecule has 0 bridgehead atoms. The lowest BCUT2D eigenvalue weighted by atomic mass is 10.1. The molecule has 0 amide bonds. The van der Waals surface area contributed by atoms with Crippen LogP contribution in [-0.4, -0.2) is 10.4 Å². The summed E-state index contributed by atoms with van der Waals surface area (Å²) < 4.78 is 27.4. The van der Waals surface area contributed by atoms with Crippen LogP contribution in [0.4, 0.5) is 8.78 Å². The highest BCUT2D eigenvalue weighted by molar-refractivity contribution is 5.95. The van der Waals surface area contributed by atoms with Crippen LogP contribution < -0.4 is 5.56 Å². The Kier molecular flexibility index (Phi) is 4.99. The molecule has 1 aromatic carbocycles. The van der Waals surface area contributed by atoms with E-state index in [1.165, 1.54) is 22.9 Å². The molecule has 3 nitrogen and oxygen atoms in total. The summed E-state index contributed by atoms with van der Waals surface area (Å²) in [4.78, 5) is 24.2. The fraction of sp³-hybridized carbons (Fsp3) is 0.176. The van der Waals surface area contributed by atoms with Crippen LogP contribution in [0, 0.1) is 11.6 Å². The number of benzene rings is 1. The first kappa shape index (κ1) is 15.8. The highest BCUT2D eigenvalue weighted by Gasteiger charge is 2.12. The van der Waals surface area contributed by atoms with Crippen LogP contribution in [0.5, 0.6) is 0 Å². The molecule has 22 heavy (non-hydrogen) atoms. The average Bonchev–Trinajstić information content (AvgIpc) is 2.50. The zero-order valence-corrected chi connectivity index (χ0v) is 11.9. The van der Waals surface area contributed by atoms with Crippen LogP contribution in [0.2, 0.25) is 0 Å². The van der Waals surface area contributed by atoms with E-state index in [0.29, 0.717) is 12.0 Å². The van der Waals surface area contributed by atoms with E-state index < -0.39 is 17.2 Å². The number of carbonyl (C=O) groups excluding carboxylic acids is 1. The Balaban J connectivity index is 2.28. The second-order valence-electron chi connectivity index (χ2n) is 4.85. The third-order valence-corrected chi connectivity index (χ3v) is 3.23. The number of hydrogen-bond acceptors (Lipinski definition) is 2. The number of aromatic nitrogens is 1. The van der Waals surface area contributed by atoms with Gasteiger partial charge < -0.3 is 4.57 Å². The molecular weight excluding hydrogens is 288 g/mol. The van der Waals surface area contributed by atoms with Gasteiger partial charge in [-0.2, -0.15) is 0 Å². The summed E-state index contributed by atoms with van der Waals surface area (Å²) in [6, 6.07) is 6.50. The predicted molar refractivity (Wildman–Crippen MR) is 79.9 cm³/mol. The molecule has 114 valence electrons. The van der Waals surface area contributed by atoms with Gasteiger partial charge in [-0.1, -0.05) is 12.1 Å². The highest BCUT2D eigenvalue weighted by atomic mass is 19.2. The van der Waals surface area contributed by atoms with Gasteiger partial charge in [0.05, 0.1) is 12.1 Å². The third kappa shape index (κ3) is 3.55. The molecule has 0 aliphatic carbocycles. The van der Waals surface area contributed by atoms with E-state index >= 15 is 0 Å². The topological polar surface area (TPSA) is 39.1 Å². The van der Waals surface area contributed by atoms with Gasteiger partial charge in [0.2, 0.25) is 0 Å². The second kappa shape index (κ2) is 6.93. The Morgan fingerprint density at radius 3 is 2.68 bits per heavy atom. The second-order valence-corrected chi connectivity index (χ2v) is 4.85. The standard InChI is InChI=1S/C17H15F2NO2/c1-2-3-6-16(21)13-5-4-9-20(17(13)22)11-12-7-8-14(18)15(19)10-12/h2,4-5,7-10H,1,3,6,11H2. The molecule has 0 N–H and O–H groups in total. The molecular formula is C17H15F2NO2. The number of ketones is 1. The van der Waals surface area contributed by atoms with Gasteiger partial charge >= 0.3 is 0 Å². The summed E-state index contributed by atoms with van der Waals surface area (Å²) in [7, 11) is 0. The molecule has 0 fully saturated rings. The maximum atomic E-state index is 13.2. The Hall–Kier alpha value is -2.56. The fourth-order valence-corrected chi connectivity index (χ4v) is 2.08. The predicted octanol–water partition coefficient (Wildman–Crippen LogP) is 3.32. The van der Waals surface area contributed by atoms with E-state index in [-0.39, 0.29) is 24.3 Å². The van der Waals surface area contributed by atoms with Crippen molar-refractivity contribution in [2.45, 2.75) is 19.4 Å². The van der Waals surface area contributed by atoms with Gasteiger partial charge in [0.15, 0.2) is 17.4 Å². The smallest absolute Gasteiger partial charge is 0.261 e. The minimum Gasteiger partial charge on any atom is -0.310 e. The average molecular weight is 303 g/mol. The Morgan fingerprint density at radius 2 is 2.00 bits per heavy atom. The van der Waals surface area contributed by atoms with E-state index in [4.69, 9.17) is 0 Å². The van der Waals surface area contributed by atoms with Gasteiger partial charge in [-0.3, -0.25) is 9.59 Å². The molecule has 0 aliphatic heterocycles. The molecule has 0 aliphatic rings. The van der Waals surface area contributed by atoms with Gasteiger partial charge in [-0.25, -0.2) is 8.78 Å². The van der Waals surface area contributed by atoms with Crippen LogP contribution in [0.25, 0.3) is 0 Å². The maximum Gasteiger partial charge on any atom is 0.261 e. The first-order valence-corrected chi connectivity index (χ1v) is 6.80. The molecule has 1 heterocycles. The summed E-state index contributed by atoms with van der Waals surface area (Å²) in [5, 5.41) is 0. The van der Waals surface area contributed by atoms with E-state index in [1.54, 1.807) is 12.1 Å². The van der Waals surface area contributed by atoms with Crippen LogP contribution >= 0.6 is 0 Å². The number of nitrogens with zero attached hydrogens (tertiary/aromatic N) is 1. The molecule has 0 spiro atoms. The lowest BCUT2D eigenvalue weighted by Crippen LogP contribution is -2.26. The zero-order chi connectivity index (χ0) is 16.1. The lowest BCUT2D eigenvalue weighted by Gasteiger charge is -2.08. The zero-order valence-electron chi connectivity index (χ0n) is 11.9. The summed E-state index contributed by atoms with van der Waals surface area (Å²) in [6.45, 7) is 3.60. The molecule has 0 saturated carbocycles. The number of halogens is 2. The van der Waals surface area contributed by atoms with E-state index in [9.17, 15) is 18.4 Å². The van der Waals surface area contributed by atoms with Crippen LogP contribution in [0.3, 0.4) is 0 Å². The summed E-state index contributed by atoms with van der Waals surface area (Å²) >= 11 is 0. The normalized spacial score (nSPS) is 10.5. The van der Waals surface area contributed by atoms with Crippen LogP contribution in [0.1, 0.15) is 28.8 Å². The molecule has 0 radical (unpaired) electrons. The van der Waals surface area contributed by atoms with Gasteiger partial charge in [-0.15, -0.1) is 6.58 Å². The molecule has 1 aromatic heterocycles. The van der Waals surface area contributed by atoms with Crippen molar-refractivity contribution >= 4 is 5.78 Å². The monoisotopic (exact) mass is 303 g/mol. The first-order chi connectivity index (χ1) is 10.5. The molecule has 2 aromatic rings. The van der Waals surface area contributed by atoms with Gasteiger partial charge in [0.1, 0.15) is 0 Å². The lowest BCUT2D eigenvalue weighted by molar-refractivity contribution is 0.0981. The molecule has 5 heteroatoms. The molecule has 0 unspecified atom stereocenters. The van der Waals surface area contributed by atoms with Crippen molar-refractivity contribution in [2.75, 3.05) is 0 Å². The molecule has 0 saturated heterocycles. The van der Waals surface area contributed by atoms with Crippen molar-refractivity contribution < 1.29 is 13.6 Å². The number of carbonyl (C=O) groups is 1. The van der Waals surface area contributed by atoms with E-state index in [2.05, 4.69) is 6.58 Å². The fourth-order valence-electron chi connectivity index (χ4n) is 2.08. The molecule has 2 rings (SSSR count). The van der Waals surface area contributed by atoms with Crippen molar-refractivity contribution in [3.8, 4) is 0 Å². The maximum absolute atomic E-state index is 13.2. The van der Waals surface area contributed by atoms with Gasteiger partial charge in [-0.05, 0) is 36.2 Å². The largest absolute Gasteiger partial charge is 0.310 e. The van der Waals surface area contributed by atoms with E-state index in [1.807, 2.05) is 0 Å². The van der Waals surface area contributed by atoms with Crippen molar-refractivity contribution in [3.05, 3.63) is 82.3 Å². The number of hydrogen-bond donors (Lipinski definition) is 0. The third-order valence-electron chi connectivity index (χ3n) is 3.23. The van der Waals surface area contributed by atoms with E-state index in [0.717, 1.165) is 12.1 Å². The quantitative estimate of drug-likeness (QED) is 0.606. The minimum absolute atomic E-state index is 0.0681. The van der Waals surface area contributed by atoms with Gasteiger partial charge in [0.25, 0.3) is 5.56 Å². The van der Waals surface area contributed by atoms with Crippen molar-refractivity contribution in [1.29, 1.82) is 0 Å². The highest BCUT2D eigenvalue weighted by Crippen LogP contribution is 2.10. The first-order valence-electron chi connectivity index (χ1n) is 6.80. The van der Waals surface area contributed by atoms with Crippen LogP contribution in [0.15, 0.2) is 54.0 Å². The summed E-state index contributed by atoms with van der Waals surface area (Å²) in [5.41, 5.74) is 0.0879. The Morgan fingerprint density at radius 1 is 1.23 bits per heavy atom. The summed E-state index contributed by atoms with van der Waals surface area (Å²) in [6.07, 6.45) is 3.83. The number of pyridine rings is 1.